The van der Waals surface area contributed by atoms with Crippen molar-refractivity contribution >= 4 is 54.3 Å². The van der Waals surface area contributed by atoms with Gasteiger partial charge in [0.05, 0.1) is 0 Å². The van der Waals surface area contributed by atoms with Gasteiger partial charge in [-0.1, -0.05) is 146 Å². The van der Waals surface area contributed by atoms with Gasteiger partial charge >= 0.3 is 0 Å². The fourth-order valence-electron chi connectivity index (χ4n) is 7.84. The molecule has 0 saturated heterocycles. The summed E-state index contributed by atoms with van der Waals surface area (Å²) in [6.07, 6.45) is 0. The molecule has 55 heavy (non-hydrogen) atoms. The zero-order valence-electron chi connectivity index (χ0n) is 29.6. The lowest BCUT2D eigenvalue weighted by Crippen LogP contribution is -2.01. The highest BCUT2D eigenvalue weighted by Gasteiger charge is 2.20. The second kappa shape index (κ2) is 12.6. The Hall–Kier alpha value is -7.43. The summed E-state index contributed by atoms with van der Waals surface area (Å²) in [5.74, 6) is 1.81. The quantitative estimate of drug-likeness (QED) is 0.179. The lowest BCUT2D eigenvalue weighted by Gasteiger charge is -2.12. The maximum Gasteiger partial charge on any atom is 0.164 e. The highest BCUT2D eigenvalue weighted by molar-refractivity contribution is 6.13. The Bertz CT molecular complexity index is 3270. The summed E-state index contributed by atoms with van der Waals surface area (Å²) in [7, 11) is 0. The highest BCUT2D eigenvalue weighted by atomic mass is 16.3. The molecule has 256 valence electrons. The lowest BCUT2D eigenvalue weighted by atomic mass is 9.96. The minimum absolute atomic E-state index is 0.590. The van der Waals surface area contributed by atoms with Crippen molar-refractivity contribution in [3.63, 3.8) is 0 Å². The Morgan fingerprint density at radius 3 is 1.42 bits per heavy atom. The summed E-state index contributed by atoms with van der Waals surface area (Å²) >= 11 is 0. The van der Waals surface area contributed by atoms with Gasteiger partial charge in [0.2, 0.25) is 0 Å². The van der Waals surface area contributed by atoms with Crippen LogP contribution < -0.4 is 0 Å². The van der Waals surface area contributed by atoms with E-state index in [2.05, 4.69) is 170 Å². The molecule has 2 heterocycles. The summed E-state index contributed by atoms with van der Waals surface area (Å²) in [6.45, 7) is 0. The lowest BCUT2D eigenvalue weighted by molar-refractivity contribution is 0.669. The molecular formula is C51H31N3O. The number of benzene rings is 9. The van der Waals surface area contributed by atoms with Crippen LogP contribution in [0.25, 0.3) is 111 Å². The molecular weight excluding hydrogens is 671 g/mol. The predicted octanol–water partition coefficient (Wildman–Crippen LogP) is 13.6. The molecule has 11 aromatic rings. The van der Waals surface area contributed by atoms with Gasteiger partial charge in [0.15, 0.2) is 17.5 Å². The van der Waals surface area contributed by atoms with Crippen LogP contribution in [0.5, 0.6) is 0 Å². The Kier molecular flexibility index (Phi) is 7.14. The van der Waals surface area contributed by atoms with Crippen molar-refractivity contribution in [1.82, 2.24) is 15.0 Å². The molecule has 0 radical (unpaired) electrons. The Morgan fingerprint density at radius 1 is 0.291 bits per heavy atom. The zero-order valence-corrected chi connectivity index (χ0v) is 29.6. The van der Waals surface area contributed by atoms with Gasteiger partial charge in [0.1, 0.15) is 11.2 Å². The van der Waals surface area contributed by atoms with E-state index in [-0.39, 0.29) is 0 Å². The van der Waals surface area contributed by atoms with Crippen molar-refractivity contribution < 1.29 is 4.42 Å². The van der Waals surface area contributed by atoms with Crippen molar-refractivity contribution in [3.8, 4) is 56.4 Å². The summed E-state index contributed by atoms with van der Waals surface area (Å²) in [6, 6.07) is 65.9. The molecule has 0 aliphatic heterocycles. The van der Waals surface area contributed by atoms with Gasteiger partial charge in [0, 0.05) is 27.5 Å². The van der Waals surface area contributed by atoms with E-state index >= 15 is 0 Å². The van der Waals surface area contributed by atoms with E-state index in [1.807, 2.05) is 18.2 Å². The summed E-state index contributed by atoms with van der Waals surface area (Å²) in [4.78, 5) is 15.7. The number of fused-ring (bicyclic) bond motifs is 6. The van der Waals surface area contributed by atoms with Crippen molar-refractivity contribution in [2.75, 3.05) is 0 Å². The van der Waals surface area contributed by atoms with Gasteiger partial charge in [-0.2, -0.15) is 0 Å². The molecule has 4 nitrogen and oxygen atoms in total. The number of rotatable bonds is 5. The van der Waals surface area contributed by atoms with Crippen LogP contribution in [-0.4, -0.2) is 15.0 Å². The monoisotopic (exact) mass is 701 g/mol. The molecule has 4 heteroatoms. The maximum atomic E-state index is 6.56. The van der Waals surface area contributed by atoms with Gasteiger partial charge in [-0.3, -0.25) is 0 Å². The van der Waals surface area contributed by atoms with Gasteiger partial charge in [0.25, 0.3) is 0 Å². The molecule has 0 saturated carbocycles. The third kappa shape index (κ3) is 5.51. The fourth-order valence-corrected chi connectivity index (χ4v) is 7.84. The van der Waals surface area contributed by atoms with Crippen LogP contribution in [0.2, 0.25) is 0 Å². The van der Waals surface area contributed by atoms with Gasteiger partial charge in [-0.05, 0) is 97.0 Å². The van der Waals surface area contributed by atoms with E-state index in [4.69, 9.17) is 19.4 Å². The minimum Gasteiger partial charge on any atom is -0.456 e. The first kappa shape index (κ1) is 31.1. The first-order chi connectivity index (χ1) is 27.2. The topological polar surface area (TPSA) is 51.8 Å². The molecule has 0 aliphatic carbocycles. The number of nitrogens with zero attached hydrogens (tertiary/aromatic N) is 3. The number of aromatic nitrogens is 3. The minimum atomic E-state index is 0.590. The van der Waals surface area contributed by atoms with Crippen LogP contribution in [0.3, 0.4) is 0 Å². The maximum absolute atomic E-state index is 6.56. The van der Waals surface area contributed by atoms with Crippen molar-refractivity contribution in [3.05, 3.63) is 188 Å². The summed E-state index contributed by atoms with van der Waals surface area (Å²) in [5.41, 5.74) is 8.85. The molecule has 0 spiro atoms. The second-order valence-corrected chi connectivity index (χ2v) is 14.1. The molecule has 11 rings (SSSR count). The van der Waals surface area contributed by atoms with Crippen LogP contribution in [0.15, 0.2) is 192 Å². The van der Waals surface area contributed by atoms with Gasteiger partial charge < -0.3 is 4.42 Å². The van der Waals surface area contributed by atoms with E-state index in [0.29, 0.717) is 17.5 Å². The molecule has 0 atom stereocenters. The Labute approximate surface area is 317 Å². The molecule has 0 bridgehead atoms. The van der Waals surface area contributed by atoms with E-state index in [9.17, 15) is 0 Å². The van der Waals surface area contributed by atoms with Gasteiger partial charge in [-0.15, -0.1) is 0 Å². The SMILES string of the molecule is c1ccc(-c2ccc3cc(-c4nc(-c5ccc6ccccc6c5)nc(-c5cc(-c6ccc7ccccc7c6)cc6oc7ccccc7c56)n4)ccc3c2)cc1. The third-order valence-corrected chi connectivity index (χ3v) is 10.7. The van der Waals surface area contributed by atoms with Crippen molar-refractivity contribution in [2.45, 2.75) is 0 Å². The second-order valence-electron chi connectivity index (χ2n) is 14.1. The highest BCUT2D eigenvalue weighted by Crippen LogP contribution is 2.40. The van der Waals surface area contributed by atoms with Crippen LogP contribution in [-0.2, 0) is 0 Å². The number of hydrogen-bond donors (Lipinski definition) is 0. The molecule has 0 fully saturated rings. The van der Waals surface area contributed by atoms with E-state index in [1.165, 1.54) is 27.3 Å². The first-order valence-corrected chi connectivity index (χ1v) is 18.5. The molecule has 0 unspecified atom stereocenters. The molecule has 9 aromatic carbocycles. The first-order valence-electron chi connectivity index (χ1n) is 18.5. The molecule has 2 aromatic heterocycles. The van der Waals surface area contributed by atoms with Crippen molar-refractivity contribution in [2.24, 2.45) is 0 Å². The third-order valence-electron chi connectivity index (χ3n) is 10.7. The normalized spacial score (nSPS) is 11.6. The largest absolute Gasteiger partial charge is 0.456 e. The van der Waals surface area contributed by atoms with Crippen molar-refractivity contribution in [1.29, 1.82) is 0 Å². The Balaban J connectivity index is 1.14. The van der Waals surface area contributed by atoms with E-state index < -0.39 is 0 Å². The molecule has 0 N–H and O–H groups in total. The number of para-hydroxylation sites is 1. The van der Waals surface area contributed by atoms with E-state index in [1.54, 1.807) is 0 Å². The fraction of sp³-hybridized carbons (Fsp3) is 0. The number of hydrogen-bond acceptors (Lipinski definition) is 4. The van der Waals surface area contributed by atoms with Crippen LogP contribution in [0, 0.1) is 0 Å². The molecule has 0 amide bonds. The average Bonchev–Trinajstić information content (AvgIpc) is 3.64. The summed E-state index contributed by atoms with van der Waals surface area (Å²) < 4.78 is 6.56. The van der Waals surface area contributed by atoms with Crippen LogP contribution in [0.4, 0.5) is 0 Å². The smallest absolute Gasteiger partial charge is 0.164 e. The van der Waals surface area contributed by atoms with Crippen LogP contribution >= 0.6 is 0 Å². The number of furan rings is 1. The predicted molar refractivity (Wildman–Crippen MR) is 227 cm³/mol. The zero-order chi connectivity index (χ0) is 36.3. The van der Waals surface area contributed by atoms with Crippen LogP contribution in [0.1, 0.15) is 0 Å². The van der Waals surface area contributed by atoms with E-state index in [0.717, 1.165) is 65.9 Å². The molecule has 0 aliphatic rings. The summed E-state index contributed by atoms with van der Waals surface area (Å²) in [5, 5.41) is 8.95. The van der Waals surface area contributed by atoms with Gasteiger partial charge in [-0.25, -0.2) is 15.0 Å². The average molecular weight is 702 g/mol. The Morgan fingerprint density at radius 2 is 0.764 bits per heavy atom. The standard InChI is InChI=1S/C51H31N3O/c1-2-10-32(11-3-1)37-21-22-39-29-42(25-23-38(39)27-37)50-52-49(41-24-19-34-13-5-7-15-36(34)28-41)53-51(54-50)45-30-43(40-20-18-33-12-4-6-14-35(33)26-40)31-47-48(45)44-16-8-9-17-46(44)55-47/h1-31H.